The summed E-state index contributed by atoms with van der Waals surface area (Å²) in [6, 6.07) is 3.83. The van der Waals surface area contributed by atoms with Gasteiger partial charge in [-0.25, -0.2) is 0 Å². The molecule has 2 nitrogen and oxygen atoms in total. The van der Waals surface area contributed by atoms with Crippen molar-refractivity contribution in [2.75, 3.05) is 18.1 Å². The largest absolute Gasteiger partial charge is 0.325 e. The van der Waals surface area contributed by atoms with Gasteiger partial charge in [0.15, 0.2) is 0 Å². The molecule has 0 fully saturated rings. The van der Waals surface area contributed by atoms with E-state index in [1.165, 1.54) is 31.8 Å². The van der Waals surface area contributed by atoms with Gasteiger partial charge in [-0.1, -0.05) is 59.1 Å². The zero-order valence-electron chi connectivity index (χ0n) is 15.9. The molecule has 1 rings (SSSR count). The highest BCUT2D eigenvalue weighted by Crippen LogP contribution is 2.41. The van der Waals surface area contributed by atoms with E-state index in [9.17, 15) is 4.79 Å². The lowest BCUT2D eigenvalue weighted by atomic mass is 10.1. The Morgan fingerprint density at radius 2 is 1.75 bits per heavy atom. The molecule has 4 heteroatoms. The predicted molar refractivity (Wildman–Crippen MR) is 110 cm³/mol. The van der Waals surface area contributed by atoms with Crippen molar-refractivity contribution in [3.05, 3.63) is 28.3 Å². The van der Waals surface area contributed by atoms with E-state index in [-0.39, 0.29) is 19.5 Å². The number of anilines is 1. The minimum atomic E-state index is -0.266. The van der Waals surface area contributed by atoms with Crippen molar-refractivity contribution in [1.29, 1.82) is 0 Å². The summed E-state index contributed by atoms with van der Waals surface area (Å²) in [7, 11) is -0.266. The zero-order chi connectivity index (χ0) is 18.1. The van der Waals surface area contributed by atoms with Crippen LogP contribution >= 0.6 is 19.5 Å². The topological polar surface area (TPSA) is 29.1 Å². The van der Waals surface area contributed by atoms with Gasteiger partial charge < -0.3 is 5.32 Å². The van der Waals surface area contributed by atoms with Crippen molar-refractivity contribution >= 4 is 31.1 Å². The van der Waals surface area contributed by atoms with Crippen LogP contribution in [0.5, 0.6) is 0 Å². The molecule has 0 radical (unpaired) electrons. The van der Waals surface area contributed by atoms with Crippen LogP contribution in [0.2, 0.25) is 5.02 Å². The summed E-state index contributed by atoms with van der Waals surface area (Å²) < 4.78 is 0. The van der Waals surface area contributed by atoms with E-state index in [4.69, 9.17) is 11.6 Å². The van der Waals surface area contributed by atoms with Crippen LogP contribution in [0.4, 0.5) is 5.69 Å². The molecule has 1 amide bonds. The van der Waals surface area contributed by atoms with Crippen molar-refractivity contribution in [3.8, 4) is 0 Å². The van der Waals surface area contributed by atoms with E-state index >= 15 is 0 Å². The molecule has 0 aliphatic rings. The summed E-state index contributed by atoms with van der Waals surface area (Å²) in [6.45, 7) is 10.7. The molecule has 2 unspecified atom stereocenters. The van der Waals surface area contributed by atoms with Crippen LogP contribution in [0.3, 0.4) is 0 Å². The van der Waals surface area contributed by atoms with E-state index in [2.05, 4.69) is 25.8 Å². The highest BCUT2D eigenvalue weighted by Gasteiger charge is 2.24. The van der Waals surface area contributed by atoms with Crippen LogP contribution < -0.4 is 5.32 Å². The first-order valence-electron chi connectivity index (χ1n) is 9.18. The molecule has 1 aromatic rings. The Morgan fingerprint density at radius 1 is 1.12 bits per heavy atom. The molecule has 0 aliphatic heterocycles. The van der Waals surface area contributed by atoms with Gasteiger partial charge in [0, 0.05) is 10.7 Å². The average Bonchev–Trinajstić information content (AvgIpc) is 2.52. The summed E-state index contributed by atoms with van der Waals surface area (Å²) in [5.41, 5.74) is 3.15. The van der Waals surface area contributed by atoms with E-state index in [1.807, 2.05) is 26.0 Å². The molecule has 0 spiro atoms. The van der Waals surface area contributed by atoms with Crippen molar-refractivity contribution in [2.45, 2.75) is 71.9 Å². The van der Waals surface area contributed by atoms with Crippen LogP contribution in [0, 0.1) is 13.8 Å². The average molecular weight is 370 g/mol. The number of aryl methyl sites for hydroxylation is 2. The fraction of sp³-hybridized carbons (Fsp3) is 0.650. The summed E-state index contributed by atoms with van der Waals surface area (Å²) >= 11 is 6.09. The number of carbonyl (C=O) groups is 1. The predicted octanol–water partition coefficient (Wildman–Crippen LogP) is 6.76. The van der Waals surface area contributed by atoms with Crippen molar-refractivity contribution < 1.29 is 4.79 Å². The maximum atomic E-state index is 12.9. The van der Waals surface area contributed by atoms with Gasteiger partial charge in [-0.3, -0.25) is 4.79 Å². The fourth-order valence-corrected chi connectivity index (χ4v) is 5.61. The van der Waals surface area contributed by atoms with Crippen LogP contribution in [0.25, 0.3) is 0 Å². The first-order chi connectivity index (χ1) is 11.4. The molecule has 24 heavy (non-hydrogen) atoms. The third-order valence-corrected chi connectivity index (χ3v) is 7.30. The van der Waals surface area contributed by atoms with E-state index < -0.39 is 0 Å². The summed E-state index contributed by atoms with van der Waals surface area (Å²) in [6.07, 6.45) is 8.34. The molecule has 2 atom stereocenters. The zero-order valence-corrected chi connectivity index (χ0v) is 17.6. The molecule has 1 N–H and O–H groups in total. The first kappa shape index (κ1) is 21.5. The summed E-state index contributed by atoms with van der Waals surface area (Å²) in [5, 5.41) is 3.92. The van der Waals surface area contributed by atoms with Crippen LogP contribution in [0.1, 0.15) is 63.5 Å². The molecule has 136 valence electrons. The Morgan fingerprint density at radius 3 is 2.29 bits per heavy atom. The van der Waals surface area contributed by atoms with E-state index in [0.29, 0.717) is 0 Å². The quantitative estimate of drug-likeness (QED) is 0.358. The number of rotatable bonds is 10. The number of benzene rings is 1. The van der Waals surface area contributed by atoms with Crippen molar-refractivity contribution in [3.63, 3.8) is 0 Å². The van der Waals surface area contributed by atoms with Gasteiger partial charge in [0.05, 0.1) is 5.66 Å². The Bertz CT molecular complexity index is 509. The Labute approximate surface area is 154 Å². The Hall–Kier alpha value is -0.590. The standard InChI is InChI=1S/C20H33ClNOP/c1-6-8-9-10-12-24(5)18(11-7-2)20(23)22-19-15(3)13-17(21)14-16(19)4/h13-14,18H,6-12H2,1-5H3,(H,22,23). The van der Waals surface area contributed by atoms with Crippen LogP contribution in [-0.2, 0) is 4.79 Å². The maximum absolute atomic E-state index is 12.9. The van der Waals surface area contributed by atoms with E-state index in [0.717, 1.165) is 34.7 Å². The monoisotopic (exact) mass is 369 g/mol. The Balaban J connectivity index is 2.76. The minimum absolute atomic E-state index is 0.154. The minimum Gasteiger partial charge on any atom is -0.325 e. The van der Waals surface area contributed by atoms with Crippen molar-refractivity contribution in [1.82, 2.24) is 0 Å². The van der Waals surface area contributed by atoms with Gasteiger partial charge in [-0.05, 0) is 62.8 Å². The lowest BCUT2D eigenvalue weighted by molar-refractivity contribution is -0.115. The molecular weight excluding hydrogens is 337 g/mol. The molecule has 0 aromatic heterocycles. The molecule has 0 saturated carbocycles. The van der Waals surface area contributed by atoms with Gasteiger partial charge in [0.1, 0.15) is 0 Å². The van der Waals surface area contributed by atoms with Crippen LogP contribution in [0.15, 0.2) is 12.1 Å². The highest BCUT2D eigenvalue weighted by atomic mass is 35.5. The first-order valence-corrected chi connectivity index (χ1v) is 11.6. The molecule has 0 saturated heterocycles. The van der Waals surface area contributed by atoms with Crippen LogP contribution in [-0.4, -0.2) is 24.4 Å². The number of unbranched alkanes of at least 4 members (excludes halogenated alkanes) is 3. The second-order valence-electron chi connectivity index (χ2n) is 6.75. The SMILES string of the molecule is CCCCCCP(C)C(CCC)C(=O)Nc1c(C)cc(Cl)cc1C. The van der Waals surface area contributed by atoms with Gasteiger partial charge in [0.2, 0.25) is 5.91 Å². The molecular formula is C20H33ClNOP. The number of carbonyl (C=O) groups excluding carboxylic acids is 1. The number of hydrogen-bond donors (Lipinski definition) is 1. The molecule has 1 aromatic carbocycles. The number of halogens is 1. The second kappa shape index (κ2) is 11.1. The number of hydrogen-bond acceptors (Lipinski definition) is 1. The van der Waals surface area contributed by atoms with Gasteiger partial charge in [0.25, 0.3) is 0 Å². The third kappa shape index (κ3) is 6.73. The lowest BCUT2D eigenvalue weighted by Crippen LogP contribution is -2.27. The smallest absolute Gasteiger partial charge is 0.231 e. The Kier molecular flexibility index (Phi) is 9.93. The molecule has 0 bridgehead atoms. The van der Waals surface area contributed by atoms with Gasteiger partial charge >= 0.3 is 0 Å². The maximum Gasteiger partial charge on any atom is 0.231 e. The summed E-state index contributed by atoms with van der Waals surface area (Å²) in [5.74, 6) is 0.189. The molecule has 0 heterocycles. The number of amides is 1. The van der Waals surface area contributed by atoms with Gasteiger partial charge in [-0.15, -0.1) is 0 Å². The van der Waals surface area contributed by atoms with Gasteiger partial charge in [-0.2, -0.15) is 0 Å². The van der Waals surface area contributed by atoms with Crippen molar-refractivity contribution in [2.24, 2.45) is 0 Å². The summed E-state index contributed by atoms with van der Waals surface area (Å²) in [4.78, 5) is 12.9. The third-order valence-electron chi connectivity index (χ3n) is 4.51. The fourth-order valence-electron chi connectivity index (χ4n) is 3.08. The highest BCUT2D eigenvalue weighted by molar-refractivity contribution is 7.58. The van der Waals surface area contributed by atoms with E-state index in [1.54, 1.807) is 0 Å². The number of nitrogens with one attached hydrogen (secondary N) is 1. The normalized spacial score (nSPS) is 13.6. The second-order valence-corrected chi connectivity index (χ2v) is 9.77. The lowest BCUT2D eigenvalue weighted by Gasteiger charge is -2.24. The molecule has 0 aliphatic carbocycles.